The van der Waals surface area contributed by atoms with Crippen molar-refractivity contribution in [3.63, 3.8) is 0 Å². The van der Waals surface area contributed by atoms with Crippen LogP contribution in [0.15, 0.2) is 85.1 Å². The number of hydrogen-bond acceptors (Lipinski definition) is 5. The van der Waals surface area contributed by atoms with Gasteiger partial charge < -0.3 is 14.4 Å². The predicted molar refractivity (Wildman–Crippen MR) is 185 cm³/mol. The Labute approximate surface area is 256 Å². The Morgan fingerprint density at radius 3 is 2.05 bits per heavy atom. The fraction of sp³-hybridized carbons (Fsp3) is 0.405. The van der Waals surface area contributed by atoms with Crippen molar-refractivity contribution >= 4 is 24.4 Å². The van der Waals surface area contributed by atoms with Gasteiger partial charge in [-0.3, -0.25) is 4.79 Å². The van der Waals surface area contributed by atoms with Crippen LogP contribution in [0.25, 0.3) is 12.7 Å². The lowest BCUT2D eigenvalue weighted by atomic mass is 10.1. The average Bonchev–Trinajstić information content (AvgIpc) is 2.97. The summed E-state index contributed by atoms with van der Waals surface area (Å²) in [6.45, 7) is 29.4. The van der Waals surface area contributed by atoms with Crippen molar-refractivity contribution in [2.75, 3.05) is 31.7 Å². The molecule has 0 unspecified atom stereocenters. The maximum atomic E-state index is 10.4. The van der Waals surface area contributed by atoms with E-state index in [4.69, 9.17) is 9.47 Å². The summed E-state index contributed by atoms with van der Waals surface area (Å²) in [4.78, 5) is 17.3. The van der Waals surface area contributed by atoms with Crippen LogP contribution in [-0.4, -0.2) is 37.8 Å². The Balaban J connectivity index is 0. The summed E-state index contributed by atoms with van der Waals surface area (Å²) in [5.74, 6) is 1.80. The van der Waals surface area contributed by atoms with Crippen LogP contribution in [0.2, 0.25) is 0 Å². The summed E-state index contributed by atoms with van der Waals surface area (Å²) < 4.78 is 9.92. The second-order valence-electron chi connectivity index (χ2n) is 9.61. The molecule has 0 aliphatic rings. The van der Waals surface area contributed by atoms with Crippen LogP contribution in [-0.2, 0) is 16.0 Å². The normalized spacial score (nSPS) is 10.7. The third kappa shape index (κ3) is 19.3. The summed E-state index contributed by atoms with van der Waals surface area (Å²) in [7, 11) is 1.70. The molecule has 0 saturated carbocycles. The lowest BCUT2D eigenvalue weighted by molar-refractivity contribution is -0.139. The molecule has 0 aliphatic heterocycles. The molecule has 0 radical (unpaired) electrons. The predicted octanol–water partition coefficient (Wildman–Crippen LogP) is 8.00. The molecule has 42 heavy (non-hydrogen) atoms. The van der Waals surface area contributed by atoms with Crippen molar-refractivity contribution in [1.29, 1.82) is 0 Å². The molecule has 0 saturated heterocycles. The number of nitrogens with zero attached hydrogens (tertiary/aromatic N) is 2. The number of carbonyl (C=O) groups excluding carboxylic acids is 1. The van der Waals surface area contributed by atoms with Gasteiger partial charge in [-0.05, 0) is 75.4 Å². The van der Waals surface area contributed by atoms with E-state index in [1.807, 2.05) is 76.4 Å². The van der Waals surface area contributed by atoms with E-state index in [0.717, 1.165) is 54.7 Å². The third-order valence-corrected chi connectivity index (χ3v) is 5.42. The maximum Gasteiger partial charge on any atom is 0.302 e. The molecule has 0 N–H and O–H groups in total. The summed E-state index contributed by atoms with van der Waals surface area (Å²) in [6, 6.07) is 10.0. The van der Waals surface area contributed by atoms with Crippen molar-refractivity contribution in [3.8, 4) is 5.75 Å². The van der Waals surface area contributed by atoms with E-state index in [2.05, 4.69) is 62.5 Å². The van der Waals surface area contributed by atoms with Crippen molar-refractivity contribution < 1.29 is 14.3 Å². The number of pyridine rings is 1. The van der Waals surface area contributed by atoms with Gasteiger partial charge in [0.15, 0.2) is 0 Å². The SMILES string of the molecule is C=C(C)C.C=C/C(=C\C=C/C)COC(C)=O.C=c1ccnc(N(CCC)CCC)/c1=C/C.CCc1ccccc1OC. The highest BCUT2D eigenvalue weighted by Crippen LogP contribution is 2.16. The molecule has 0 aliphatic carbocycles. The molecule has 0 amide bonds. The van der Waals surface area contributed by atoms with Crippen LogP contribution in [0.3, 0.4) is 0 Å². The largest absolute Gasteiger partial charge is 0.496 e. The first kappa shape index (κ1) is 40.3. The van der Waals surface area contributed by atoms with Crippen LogP contribution in [0.4, 0.5) is 5.82 Å². The zero-order valence-electron chi connectivity index (χ0n) is 27.8. The first-order chi connectivity index (χ1) is 20.1. The highest BCUT2D eigenvalue weighted by Gasteiger charge is 2.07. The van der Waals surface area contributed by atoms with Crippen LogP contribution >= 0.6 is 0 Å². The number of aromatic nitrogens is 1. The Morgan fingerprint density at radius 2 is 1.62 bits per heavy atom. The molecule has 0 atom stereocenters. The van der Waals surface area contributed by atoms with Gasteiger partial charge in [0.2, 0.25) is 0 Å². The molecule has 1 aromatic carbocycles. The number of methoxy groups -OCH3 is 1. The molecule has 232 valence electrons. The van der Waals surface area contributed by atoms with Gasteiger partial charge in [0, 0.05) is 31.4 Å². The molecular weight excluding hydrogens is 520 g/mol. The van der Waals surface area contributed by atoms with E-state index in [-0.39, 0.29) is 5.97 Å². The van der Waals surface area contributed by atoms with Gasteiger partial charge in [0.05, 0.1) is 7.11 Å². The molecule has 0 fully saturated rings. The zero-order chi connectivity index (χ0) is 32.3. The van der Waals surface area contributed by atoms with Gasteiger partial charge in [0.1, 0.15) is 18.2 Å². The second-order valence-corrected chi connectivity index (χ2v) is 9.61. The number of benzene rings is 1. The number of rotatable bonds is 11. The number of esters is 1. The van der Waals surface area contributed by atoms with Crippen LogP contribution < -0.4 is 20.1 Å². The minimum atomic E-state index is -0.275. The molecule has 2 rings (SSSR count). The topological polar surface area (TPSA) is 51.7 Å². The Kier molecular flexibility index (Phi) is 25.0. The summed E-state index contributed by atoms with van der Waals surface area (Å²) >= 11 is 0. The van der Waals surface area contributed by atoms with Crippen molar-refractivity contribution in [1.82, 2.24) is 4.98 Å². The zero-order valence-corrected chi connectivity index (χ0v) is 27.8. The van der Waals surface area contributed by atoms with E-state index >= 15 is 0 Å². The Morgan fingerprint density at radius 1 is 1.02 bits per heavy atom. The third-order valence-electron chi connectivity index (χ3n) is 5.42. The number of allylic oxidation sites excluding steroid dienone is 4. The van der Waals surface area contributed by atoms with E-state index in [0.29, 0.717) is 6.61 Å². The standard InChI is InChI=1S/C14H22N2.C10H14O2.C9H12O.C4H8/c1-5-10-16(11-6-2)14-13(7-3)12(4)8-9-15-14;1-4-6-7-10(5-2)8-12-9(3)11;1-3-8-6-4-5-7-9(8)10-2;1-4(2)3/h7-9H,4-6,10-11H2,1-3H3;4-7H,2,8H2,1,3H3;4-7H,3H2,1-2H3;1H2,2-3H3/b13-7+;6-4-,10-7+;;. The highest BCUT2D eigenvalue weighted by atomic mass is 16.5. The molecule has 5 heteroatoms. The van der Waals surface area contributed by atoms with Gasteiger partial charge >= 0.3 is 5.97 Å². The minimum Gasteiger partial charge on any atom is -0.496 e. The van der Waals surface area contributed by atoms with Gasteiger partial charge in [0.25, 0.3) is 0 Å². The van der Waals surface area contributed by atoms with Crippen molar-refractivity contribution in [2.24, 2.45) is 0 Å². The van der Waals surface area contributed by atoms with Crippen LogP contribution in [0, 0.1) is 0 Å². The Hall–Kier alpha value is -3.86. The fourth-order valence-electron chi connectivity index (χ4n) is 3.51. The second kappa shape index (κ2) is 26.1. The molecule has 0 bridgehead atoms. The number of hydrogen-bond donors (Lipinski definition) is 0. The van der Waals surface area contributed by atoms with Crippen LogP contribution in [0.1, 0.15) is 73.8 Å². The maximum absolute atomic E-state index is 10.4. The van der Waals surface area contributed by atoms with E-state index in [9.17, 15) is 4.79 Å². The molecule has 5 nitrogen and oxygen atoms in total. The summed E-state index contributed by atoms with van der Waals surface area (Å²) in [5.41, 5.74) is 3.33. The van der Waals surface area contributed by atoms with Crippen molar-refractivity contribution in [2.45, 2.75) is 74.7 Å². The smallest absolute Gasteiger partial charge is 0.302 e. The number of carbonyl (C=O) groups is 1. The minimum absolute atomic E-state index is 0.275. The average molecular weight is 577 g/mol. The first-order valence-corrected chi connectivity index (χ1v) is 14.7. The monoisotopic (exact) mass is 576 g/mol. The van der Waals surface area contributed by atoms with E-state index < -0.39 is 0 Å². The van der Waals surface area contributed by atoms with Gasteiger partial charge in [-0.15, -0.1) is 6.58 Å². The van der Waals surface area contributed by atoms with Gasteiger partial charge in [-0.25, -0.2) is 4.98 Å². The molecule has 0 spiro atoms. The molecule has 1 aromatic heterocycles. The van der Waals surface area contributed by atoms with E-state index in [1.54, 1.807) is 13.2 Å². The molecular formula is C37H56N2O3. The lowest BCUT2D eigenvalue weighted by Gasteiger charge is -2.23. The fourth-order valence-corrected chi connectivity index (χ4v) is 3.51. The summed E-state index contributed by atoms with van der Waals surface area (Å²) in [5, 5.41) is 2.23. The van der Waals surface area contributed by atoms with Gasteiger partial charge in [-0.2, -0.15) is 0 Å². The van der Waals surface area contributed by atoms with Gasteiger partial charge in [-0.1, -0.05) is 88.1 Å². The number of para-hydroxylation sites is 1. The van der Waals surface area contributed by atoms with Crippen LogP contribution in [0.5, 0.6) is 5.75 Å². The van der Waals surface area contributed by atoms with E-state index in [1.165, 1.54) is 23.3 Å². The highest BCUT2D eigenvalue weighted by molar-refractivity contribution is 5.66. The molecule has 2 aromatic rings. The molecule has 1 heterocycles. The lowest BCUT2D eigenvalue weighted by Crippen LogP contribution is -2.36. The quantitative estimate of drug-likeness (QED) is 0.154. The van der Waals surface area contributed by atoms with Crippen molar-refractivity contribution in [3.05, 3.63) is 101 Å². The first-order valence-electron chi connectivity index (χ1n) is 14.7. The Bertz CT molecular complexity index is 1180. The number of ether oxygens (including phenoxy) is 2. The summed E-state index contributed by atoms with van der Waals surface area (Å²) in [6.07, 6.45) is 14.6. The number of aryl methyl sites for hydroxylation is 1. The number of anilines is 1.